The Kier molecular flexibility index (Phi) is 6.15. The standard InChI is InChI=1S/C19H14ClNO4S2/c20-15-7-2-1-5-13(15)11-25-14-6-3-4-12(8-14)9-16-18(24)21(10-17(22)23)19(26)27-16/h1-9H,10-11H2,(H,22,23). The highest BCUT2D eigenvalue weighted by molar-refractivity contribution is 8.26. The molecule has 8 heteroatoms. The largest absolute Gasteiger partial charge is 0.489 e. The van der Waals surface area contributed by atoms with E-state index < -0.39 is 18.4 Å². The third-order valence-electron chi connectivity index (χ3n) is 3.67. The van der Waals surface area contributed by atoms with Gasteiger partial charge in [-0.15, -0.1) is 0 Å². The number of ether oxygens (including phenoxy) is 1. The molecule has 2 aromatic carbocycles. The number of hydrogen-bond acceptors (Lipinski definition) is 5. The molecule has 0 aromatic heterocycles. The average Bonchev–Trinajstić information content (AvgIpc) is 2.88. The highest BCUT2D eigenvalue weighted by atomic mass is 35.5. The number of halogens is 1. The van der Waals surface area contributed by atoms with Crippen molar-refractivity contribution in [1.82, 2.24) is 4.90 Å². The molecule has 1 saturated heterocycles. The van der Waals surface area contributed by atoms with Crippen molar-refractivity contribution in [3.63, 3.8) is 0 Å². The predicted octanol–water partition coefficient (Wildman–Crippen LogP) is 4.20. The van der Waals surface area contributed by atoms with Crippen LogP contribution in [0.15, 0.2) is 53.4 Å². The summed E-state index contributed by atoms with van der Waals surface area (Å²) in [4.78, 5) is 24.6. The van der Waals surface area contributed by atoms with Gasteiger partial charge in [-0.05, 0) is 29.8 Å². The zero-order valence-corrected chi connectivity index (χ0v) is 16.3. The molecule has 27 heavy (non-hydrogen) atoms. The Hall–Kier alpha value is -2.35. The van der Waals surface area contributed by atoms with Gasteiger partial charge in [0.2, 0.25) is 0 Å². The fourth-order valence-electron chi connectivity index (χ4n) is 2.39. The van der Waals surface area contributed by atoms with Gasteiger partial charge in [0.1, 0.15) is 23.2 Å². The molecular formula is C19H14ClNO4S2. The molecule has 1 N–H and O–H groups in total. The van der Waals surface area contributed by atoms with E-state index in [1.54, 1.807) is 18.2 Å². The Labute approximate surface area is 170 Å². The minimum absolute atomic E-state index is 0.236. The number of hydrogen-bond donors (Lipinski definition) is 1. The number of carboxylic acid groups (broad SMARTS) is 1. The first kappa shape index (κ1) is 19.4. The summed E-state index contributed by atoms with van der Waals surface area (Å²) in [6, 6.07) is 14.7. The topological polar surface area (TPSA) is 66.8 Å². The fraction of sp³-hybridized carbons (Fsp3) is 0.105. The molecule has 0 unspecified atom stereocenters. The summed E-state index contributed by atoms with van der Waals surface area (Å²) >= 11 is 12.3. The van der Waals surface area contributed by atoms with Crippen LogP contribution in [0.25, 0.3) is 6.08 Å². The van der Waals surface area contributed by atoms with E-state index in [1.165, 1.54) is 0 Å². The van der Waals surface area contributed by atoms with Gasteiger partial charge in [0.25, 0.3) is 5.91 Å². The maximum Gasteiger partial charge on any atom is 0.323 e. The second kappa shape index (κ2) is 8.56. The van der Waals surface area contributed by atoms with Crippen molar-refractivity contribution in [3.05, 3.63) is 69.6 Å². The molecule has 0 aliphatic carbocycles. The van der Waals surface area contributed by atoms with Gasteiger partial charge < -0.3 is 9.84 Å². The Morgan fingerprint density at radius 2 is 2.04 bits per heavy atom. The Bertz CT molecular complexity index is 945. The zero-order valence-electron chi connectivity index (χ0n) is 13.9. The van der Waals surface area contributed by atoms with Gasteiger partial charge in [0.15, 0.2) is 0 Å². The maximum absolute atomic E-state index is 12.3. The first-order valence-electron chi connectivity index (χ1n) is 7.87. The van der Waals surface area contributed by atoms with Gasteiger partial charge in [0.05, 0.1) is 4.91 Å². The number of thiocarbonyl (C=S) groups is 1. The minimum Gasteiger partial charge on any atom is -0.489 e. The molecule has 0 bridgehead atoms. The lowest BCUT2D eigenvalue weighted by Gasteiger charge is -2.10. The molecule has 1 heterocycles. The first-order valence-corrected chi connectivity index (χ1v) is 9.48. The van der Waals surface area contributed by atoms with E-state index in [1.807, 2.05) is 36.4 Å². The fourth-order valence-corrected chi connectivity index (χ4v) is 3.84. The van der Waals surface area contributed by atoms with E-state index >= 15 is 0 Å². The predicted molar refractivity (Wildman–Crippen MR) is 110 cm³/mol. The summed E-state index contributed by atoms with van der Waals surface area (Å²) in [6.07, 6.45) is 1.67. The summed E-state index contributed by atoms with van der Waals surface area (Å²) in [7, 11) is 0. The number of benzene rings is 2. The van der Waals surface area contributed by atoms with E-state index in [9.17, 15) is 9.59 Å². The molecule has 1 aliphatic heterocycles. The Balaban J connectivity index is 1.73. The van der Waals surface area contributed by atoms with Gasteiger partial charge in [-0.3, -0.25) is 14.5 Å². The van der Waals surface area contributed by atoms with Crippen molar-refractivity contribution in [2.45, 2.75) is 6.61 Å². The molecule has 3 rings (SSSR count). The highest BCUT2D eigenvalue weighted by Gasteiger charge is 2.33. The van der Waals surface area contributed by atoms with E-state index in [2.05, 4.69) is 0 Å². The van der Waals surface area contributed by atoms with Crippen LogP contribution in [0, 0.1) is 0 Å². The van der Waals surface area contributed by atoms with Crippen LogP contribution < -0.4 is 4.74 Å². The van der Waals surface area contributed by atoms with Gasteiger partial charge in [-0.1, -0.05) is 65.9 Å². The smallest absolute Gasteiger partial charge is 0.323 e. The number of carbonyl (C=O) groups is 2. The number of rotatable bonds is 6. The molecule has 0 spiro atoms. The summed E-state index contributed by atoms with van der Waals surface area (Å²) in [5.41, 5.74) is 1.63. The quantitative estimate of drug-likeness (QED) is 0.559. The molecule has 2 aromatic rings. The number of carboxylic acids is 1. The van der Waals surface area contributed by atoms with Crippen LogP contribution in [-0.4, -0.2) is 32.7 Å². The Morgan fingerprint density at radius 3 is 2.78 bits per heavy atom. The second-order valence-corrected chi connectivity index (χ2v) is 7.70. The molecular weight excluding hydrogens is 406 g/mol. The second-order valence-electron chi connectivity index (χ2n) is 5.61. The van der Waals surface area contributed by atoms with E-state index in [0.29, 0.717) is 22.3 Å². The van der Waals surface area contributed by atoms with Crippen LogP contribution in [0.5, 0.6) is 5.75 Å². The Morgan fingerprint density at radius 1 is 1.26 bits per heavy atom. The van der Waals surface area contributed by atoms with Crippen LogP contribution >= 0.6 is 35.6 Å². The average molecular weight is 420 g/mol. The van der Waals surface area contributed by atoms with Crippen LogP contribution in [0.1, 0.15) is 11.1 Å². The van der Waals surface area contributed by atoms with Crippen molar-refractivity contribution in [2.24, 2.45) is 0 Å². The van der Waals surface area contributed by atoms with Crippen molar-refractivity contribution in [2.75, 3.05) is 6.54 Å². The summed E-state index contributed by atoms with van der Waals surface area (Å²) in [5.74, 6) is -0.887. The third kappa shape index (κ3) is 4.88. The number of carbonyl (C=O) groups excluding carboxylic acids is 1. The van der Waals surface area contributed by atoms with Gasteiger partial charge >= 0.3 is 5.97 Å². The van der Waals surface area contributed by atoms with Crippen LogP contribution in [0.2, 0.25) is 5.02 Å². The summed E-state index contributed by atoms with van der Waals surface area (Å²) in [6.45, 7) is -0.118. The summed E-state index contributed by atoms with van der Waals surface area (Å²) < 4.78 is 6.02. The molecule has 5 nitrogen and oxygen atoms in total. The maximum atomic E-state index is 12.3. The zero-order chi connectivity index (χ0) is 19.4. The van der Waals surface area contributed by atoms with Crippen LogP contribution in [0.4, 0.5) is 0 Å². The van der Waals surface area contributed by atoms with Crippen molar-refractivity contribution < 1.29 is 19.4 Å². The van der Waals surface area contributed by atoms with Gasteiger partial charge in [-0.2, -0.15) is 0 Å². The van der Waals surface area contributed by atoms with E-state index in [0.717, 1.165) is 27.8 Å². The lowest BCUT2D eigenvalue weighted by molar-refractivity contribution is -0.140. The number of aliphatic carboxylic acids is 1. The van der Waals surface area contributed by atoms with Crippen molar-refractivity contribution in [1.29, 1.82) is 0 Å². The molecule has 1 aliphatic rings. The number of thioether (sulfide) groups is 1. The molecule has 138 valence electrons. The van der Waals surface area contributed by atoms with Gasteiger partial charge in [0, 0.05) is 10.6 Å². The highest BCUT2D eigenvalue weighted by Crippen LogP contribution is 2.32. The van der Waals surface area contributed by atoms with E-state index in [4.69, 9.17) is 33.7 Å². The molecule has 1 fully saturated rings. The molecule has 1 amide bonds. The lowest BCUT2D eigenvalue weighted by atomic mass is 10.2. The van der Waals surface area contributed by atoms with Crippen LogP contribution in [0.3, 0.4) is 0 Å². The number of nitrogens with zero attached hydrogens (tertiary/aromatic N) is 1. The molecule has 0 radical (unpaired) electrons. The SMILES string of the molecule is O=C(O)CN1C(=O)C(=Cc2cccc(OCc3ccccc3Cl)c2)SC1=S. The van der Waals surface area contributed by atoms with Gasteiger partial charge in [-0.25, -0.2) is 0 Å². The lowest BCUT2D eigenvalue weighted by Crippen LogP contribution is -2.33. The molecule has 0 atom stereocenters. The van der Waals surface area contributed by atoms with Crippen molar-refractivity contribution in [3.8, 4) is 5.75 Å². The monoisotopic (exact) mass is 419 g/mol. The first-order chi connectivity index (χ1) is 12.9. The minimum atomic E-state index is -1.11. The normalized spacial score (nSPS) is 15.4. The summed E-state index contributed by atoms with van der Waals surface area (Å²) in [5, 5.41) is 9.52. The third-order valence-corrected chi connectivity index (χ3v) is 5.42. The van der Waals surface area contributed by atoms with E-state index in [-0.39, 0.29) is 4.32 Å². The number of amides is 1. The molecule has 0 saturated carbocycles. The van der Waals surface area contributed by atoms with Crippen LogP contribution in [-0.2, 0) is 16.2 Å². The van der Waals surface area contributed by atoms with Crippen molar-refractivity contribution >= 4 is 57.9 Å².